The number of pyridine rings is 1. The Bertz CT molecular complexity index is 716. The highest BCUT2D eigenvalue weighted by atomic mass is 19.4. The molecule has 1 aromatic carbocycles. The second-order valence-electron chi connectivity index (χ2n) is 5.82. The number of nitrogens with two attached hydrogens (primary N) is 1. The summed E-state index contributed by atoms with van der Waals surface area (Å²) < 4.78 is 37.7. The molecule has 1 aliphatic heterocycles. The largest absolute Gasteiger partial charge is 0.417 e. The molecule has 3 rings (SSSR count). The number of aromatic nitrogens is 1. The summed E-state index contributed by atoms with van der Waals surface area (Å²) in [6.45, 7) is 0.772. The van der Waals surface area contributed by atoms with Crippen LogP contribution in [0.3, 0.4) is 0 Å². The van der Waals surface area contributed by atoms with E-state index in [-0.39, 0.29) is 17.7 Å². The van der Waals surface area contributed by atoms with Crippen molar-refractivity contribution in [3.05, 3.63) is 65.5 Å². The zero-order valence-corrected chi connectivity index (χ0v) is 12.7. The van der Waals surface area contributed by atoms with Crippen molar-refractivity contribution in [1.29, 1.82) is 0 Å². The third-order valence-electron chi connectivity index (χ3n) is 4.19. The number of benzene rings is 1. The number of carbonyl (C=O) groups excluding carboxylic acids is 1. The maximum Gasteiger partial charge on any atom is 0.417 e. The van der Waals surface area contributed by atoms with Gasteiger partial charge < -0.3 is 10.6 Å². The summed E-state index contributed by atoms with van der Waals surface area (Å²) in [7, 11) is 0. The van der Waals surface area contributed by atoms with E-state index in [1.165, 1.54) is 4.90 Å². The van der Waals surface area contributed by atoms with Gasteiger partial charge in [0.15, 0.2) is 0 Å². The van der Waals surface area contributed by atoms with E-state index >= 15 is 0 Å². The lowest BCUT2D eigenvalue weighted by Crippen LogP contribution is -2.32. The molecule has 7 heteroatoms. The van der Waals surface area contributed by atoms with Gasteiger partial charge in [-0.15, -0.1) is 0 Å². The minimum Gasteiger partial charge on any atom is -0.335 e. The number of likely N-dealkylation sites (tertiary alicyclic amines) is 1. The lowest BCUT2D eigenvalue weighted by Gasteiger charge is -2.16. The molecule has 2 atom stereocenters. The van der Waals surface area contributed by atoms with E-state index in [2.05, 4.69) is 4.98 Å². The number of amides is 1. The Morgan fingerprint density at radius 2 is 1.83 bits per heavy atom. The minimum absolute atomic E-state index is 0.00426. The third kappa shape index (κ3) is 3.26. The second-order valence-corrected chi connectivity index (χ2v) is 5.82. The van der Waals surface area contributed by atoms with E-state index in [9.17, 15) is 18.0 Å². The highest BCUT2D eigenvalue weighted by Gasteiger charge is 2.35. The van der Waals surface area contributed by atoms with Gasteiger partial charge >= 0.3 is 6.18 Å². The third-order valence-corrected chi connectivity index (χ3v) is 4.19. The van der Waals surface area contributed by atoms with Gasteiger partial charge in [0.1, 0.15) is 5.69 Å². The summed E-state index contributed by atoms with van der Waals surface area (Å²) >= 11 is 0. The van der Waals surface area contributed by atoms with Crippen LogP contribution in [0.2, 0.25) is 0 Å². The molecule has 1 amide bonds. The molecule has 1 aromatic heterocycles. The average molecular weight is 335 g/mol. The Kier molecular flexibility index (Phi) is 4.28. The van der Waals surface area contributed by atoms with Crippen LogP contribution in [-0.4, -0.2) is 34.9 Å². The van der Waals surface area contributed by atoms with Gasteiger partial charge in [0.2, 0.25) is 0 Å². The SMILES string of the molecule is N[C@@H]1CN(C(=O)c2ccc(C(F)(F)F)cn2)C[C@H]1c1ccccc1. The number of rotatable bonds is 2. The number of hydrogen-bond acceptors (Lipinski definition) is 3. The number of carbonyl (C=O) groups is 1. The standard InChI is InChI=1S/C17H16F3N3O/c18-17(19,20)12-6-7-15(22-8-12)16(24)23-9-13(14(21)10-23)11-4-2-1-3-5-11/h1-8,13-14H,9-10,21H2/t13-,14+/m0/s1. The number of nitrogens with zero attached hydrogens (tertiary/aromatic N) is 2. The molecule has 2 N–H and O–H groups in total. The van der Waals surface area contributed by atoms with Crippen molar-refractivity contribution in [3.63, 3.8) is 0 Å². The number of alkyl halides is 3. The van der Waals surface area contributed by atoms with Gasteiger partial charge in [-0.1, -0.05) is 30.3 Å². The van der Waals surface area contributed by atoms with E-state index in [1.807, 2.05) is 30.3 Å². The Labute approximate surface area is 137 Å². The molecule has 0 spiro atoms. The fourth-order valence-corrected chi connectivity index (χ4v) is 2.90. The Morgan fingerprint density at radius 3 is 2.42 bits per heavy atom. The summed E-state index contributed by atoms with van der Waals surface area (Å²) in [5.74, 6) is -0.401. The van der Waals surface area contributed by atoms with Gasteiger partial charge in [-0.05, 0) is 17.7 Å². The monoisotopic (exact) mass is 335 g/mol. The quantitative estimate of drug-likeness (QED) is 0.918. The molecule has 1 fully saturated rings. The van der Waals surface area contributed by atoms with Crippen molar-refractivity contribution in [3.8, 4) is 0 Å². The molecule has 4 nitrogen and oxygen atoms in total. The second kappa shape index (κ2) is 6.24. The first kappa shape index (κ1) is 16.4. The van der Waals surface area contributed by atoms with E-state index in [0.29, 0.717) is 19.3 Å². The normalized spacial score (nSPS) is 21.1. The Morgan fingerprint density at radius 1 is 1.12 bits per heavy atom. The Hall–Kier alpha value is -2.41. The van der Waals surface area contributed by atoms with Crippen molar-refractivity contribution < 1.29 is 18.0 Å². The van der Waals surface area contributed by atoms with Crippen LogP contribution < -0.4 is 5.73 Å². The van der Waals surface area contributed by atoms with Crippen molar-refractivity contribution in [1.82, 2.24) is 9.88 Å². The molecule has 0 radical (unpaired) electrons. The Balaban J connectivity index is 1.74. The fraction of sp³-hybridized carbons (Fsp3) is 0.294. The smallest absolute Gasteiger partial charge is 0.335 e. The first-order valence-electron chi connectivity index (χ1n) is 7.49. The average Bonchev–Trinajstić information content (AvgIpc) is 2.96. The van der Waals surface area contributed by atoms with Gasteiger partial charge in [0.25, 0.3) is 5.91 Å². The topological polar surface area (TPSA) is 59.2 Å². The molecule has 126 valence electrons. The maximum absolute atomic E-state index is 12.6. The van der Waals surface area contributed by atoms with E-state index in [4.69, 9.17) is 5.73 Å². The molecule has 0 bridgehead atoms. The molecular formula is C17H16F3N3O. The molecular weight excluding hydrogens is 319 g/mol. The molecule has 0 saturated carbocycles. The van der Waals surface area contributed by atoms with Crippen LogP contribution in [0.1, 0.15) is 27.5 Å². The lowest BCUT2D eigenvalue weighted by molar-refractivity contribution is -0.137. The predicted octanol–water partition coefficient (Wildman–Crippen LogP) is 2.67. The van der Waals surface area contributed by atoms with Crippen LogP contribution in [-0.2, 0) is 6.18 Å². The summed E-state index contributed by atoms with van der Waals surface area (Å²) in [6.07, 6.45) is -3.79. The highest BCUT2D eigenvalue weighted by Crippen LogP contribution is 2.29. The van der Waals surface area contributed by atoms with Gasteiger partial charge in [-0.2, -0.15) is 13.2 Å². The van der Waals surface area contributed by atoms with Crippen LogP contribution >= 0.6 is 0 Å². The summed E-state index contributed by atoms with van der Waals surface area (Å²) in [6, 6.07) is 11.4. The first-order valence-corrected chi connectivity index (χ1v) is 7.49. The molecule has 0 unspecified atom stereocenters. The number of halogens is 3. The van der Waals surface area contributed by atoms with Crippen molar-refractivity contribution >= 4 is 5.91 Å². The van der Waals surface area contributed by atoms with Crippen LogP contribution in [0.25, 0.3) is 0 Å². The van der Waals surface area contributed by atoms with Gasteiger partial charge in [-0.3, -0.25) is 9.78 Å². The molecule has 1 saturated heterocycles. The fourth-order valence-electron chi connectivity index (χ4n) is 2.90. The number of hydrogen-bond donors (Lipinski definition) is 1. The molecule has 2 aromatic rings. The predicted molar refractivity (Wildman–Crippen MR) is 82.3 cm³/mol. The summed E-state index contributed by atoms with van der Waals surface area (Å²) in [5.41, 5.74) is 6.29. The van der Waals surface area contributed by atoms with Crippen molar-refractivity contribution in [2.75, 3.05) is 13.1 Å². The molecule has 2 heterocycles. The first-order chi connectivity index (χ1) is 11.4. The summed E-state index contributed by atoms with van der Waals surface area (Å²) in [4.78, 5) is 17.7. The van der Waals surface area contributed by atoms with Crippen molar-refractivity contribution in [2.24, 2.45) is 5.73 Å². The van der Waals surface area contributed by atoms with Crippen LogP contribution in [0.4, 0.5) is 13.2 Å². The van der Waals surface area contributed by atoms with Gasteiger partial charge in [0.05, 0.1) is 5.56 Å². The van der Waals surface area contributed by atoms with E-state index in [1.54, 1.807) is 0 Å². The van der Waals surface area contributed by atoms with E-state index < -0.39 is 17.6 Å². The molecule has 1 aliphatic rings. The van der Waals surface area contributed by atoms with Gasteiger partial charge in [0, 0.05) is 31.2 Å². The zero-order chi connectivity index (χ0) is 17.3. The van der Waals surface area contributed by atoms with Crippen LogP contribution in [0.5, 0.6) is 0 Å². The minimum atomic E-state index is -4.47. The van der Waals surface area contributed by atoms with Crippen LogP contribution in [0.15, 0.2) is 48.7 Å². The van der Waals surface area contributed by atoms with E-state index in [0.717, 1.165) is 17.7 Å². The highest BCUT2D eigenvalue weighted by molar-refractivity contribution is 5.92. The van der Waals surface area contributed by atoms with Crippen molar-refractivity contribution in [2.45, 2.75) is 18.1 Å². The molecule has 24 heavy (non-hydrogen) atoms. The summed E-state index contributed by atoms with van der Waals surface area (Å²) in [5, 5.41) is 0. The zero-order valence-electron chi connectivity index (χ0n) is 12.7. The lowest BCUT2D eigenvalue weighted by atomic mass is 9.95. The molecule has 0 aliphatic carbocycles. The van der Waals surface area contributed by atoms with Crippen LogP contribution in [0, 0.1) is 0 Å². The van der Waals surface area contributed by atoms with Gasteiger partial charge in [-0.25, -0.2) is 0 Å². The maximum atomic E-state index is 12.6.